The van der Waals surface area contributed by atoms with E-state index in [0.29, 0.717) is 17.5 Å². The molecule has 0 aliphatic carbocycles. The van der Waals surface area contributed by atoms with E-state index >= 15 is 0 Å². The first-order chi connectivity index (χ1) is 10.3. The molecule has 106 valence electrons. The molecule has 21 heavy (non-hydrogen) atoms. The van der Waals surface area contributed by atoms with Gasteiger partial charge in [0.2, 0.25) is 5.89 Å². The van der Waals surface area contributed by atoms with Gasteiger partial charge in [-0.2, -0.15) is 0 Å². The van der Waals surface area contributed by atoms with Crippen LogP contribution in [0.5, 0.6) is 0 Å². The van der Waals surface area contributed by atoms with E-state index in [2.05, 4.69) is 44.3 Å². The molecule has 0 amide bonds. The van der Waals surface area contributed by atoms with E-state index in [1.807, 2.05) is 36.4 Å². The number of benzene rings is 2. The third-order valence-corrected chi connectivity index (χ3v) is 4.60. The molecule has 3 aromatic rings. The summed E-state index contributed by atoms with van der Waals surface area (Å²) in [7, 11) is 0. The maximum Gasteiger partial charge on any atom is 0.276 e. The number of nitrogens with zero attached hydrogens (tertiary/aromatic N) is 2. The summed E-state index contributed by atoms with van der Waals surface area (Å²) >= 11 is 5.09. The zero-order valence-electron chi connectivity index (χ0n) is 11.2. The first kappa shape index (κ1) is 14.4. The third-order valence-electron chi connectivity index (χ3n) is 2.96. The number of hydrogen-bond donors (Lipinski definition) is 0. The van der Waals surface area contributed by atoms with Crippen LogP contribution in [0.1, 0.15) is 17.0 Å². The molecule has 0 saturated carbocycles. The first-order valence-electron chi connectivity index (χ1n) is 6.54. The van der Waals surface area contributed by atoms with Crippen LogP contribution >= 0.6 is 27.7 Å². The summed E-state index contributed by atoms with van der Waals surface area (Å²) in [5.74, 6) is 1.45. The van der Waals surface area contributed by atoms with Crippen molar-refractivity contribution in [3.8, 4) is 0 Å². The van der Waals surface area contributed by atoms with E-state index in [-0.39, 0.29) is 0 Å². The quantitative estimate of drug-likeness (QED) is 0.617. The fourth-order valence-electron chi connectivity index (χ4n) is 1.89. The SMILES string of the molecule is Brc1ccccc1CSc1nnc(Cc2ccccc2)o1. The van der Waals surface area contributed by atoms with Crippen molar-refractivity contribution >= 4 is 27.7 Å². The number of aromatic nitrogens is 2. The standard InChI is InChI=1S/C16H13BrN2OS/c17-14-9-5-4-8-13(14)11-21-16-19-18-15(20-16)10-12-6-2-1-3-7-12/h1-9H,10-11H2. The van der Waals surface area contributed by atoms with Crippen molar-refractivity contribution in [3.63, 3.8) is 0 Å². The molecular weight excluding hydrogens is 348 g/mol. The number of rotatable bonds is 5. The van der Waals surface area contributed by atoms with Crippen molar-refractivity contribution in [2.75, 3.05) is 0 Å². The van der Waals surface area contributed by atoms with Crippen LogP contribution < -0.4 is 0 Å². The predicted molar refractivity (Wildman–Crippen MR) is 87.2 cm³/mol. The molecule has 0 spiro atoms. The van der Waals surface area contributed by atoms with Crippen LogP contribution in [0.4, 0.5) is 0 Å². The summed E-state index contributed by atoms with van der Waals surface area (Å²) in [6, 6.07) is 18.3. The lowest BCUT2D eigenvalue weighted by atomic mass is 10.2. The van der Waals surface area contributed by atoms with E-state index in [0.717, 1.165) is 10.2 Å². The van der Waals surface area contributed by atoms with Gasteiger partial charge in [0.05, 0.1) is 6.42 Å². The summed E-state index contributed by atoms with van der Waals surface area (Å²) < 4.78 is 6.77. The van der Waals surface area contributed by atoms with E-state index in [1.165, 1.54) is 11.1 Å². The Bertz CT molecular complexity index is 715. The smallest absolute Gasteiger partial charge is 0.276 e. The van der Waals surface area contributed by atoms with Crippen molar-refractivity contribution in [2.45, 2.75) is 17.4 Å². The van der Waals surface area contributed by atoms with Crippen LogP contribution in [0.2, 0.25) is 0 Å². The Morgan fingerprint density at radius 3 is 2.52 bits per heavy atom. The molecule has 3 nitrogen and oxygen atoms in total. The predicted octanol–water partition coefficient (Wildman–Crippen LogP) is 4.72. The van der Waals surface area contributed by atoms with Gasteiger partial charge >= 0.3 is 0 Å². The van der Waals surface area contributed by atoms with Crippen LogP contribution in [-0.4, -0.2) is 10.2 Å². The monoisotopic (exact) mass is 360 g/mol. The average Bonchev–Trinajstić information content (AvgIpc) is 2.95. The molecule has 0 N–H and O–H groups in total. The molecule has 0 radical (unpaired) electrons. The summed E-state index contributed by atoms with van der Waals surface area (Å²) in [5.41, 5.74) is 2.38. The molecule has 0 aliphatic heterocycles. The van der Waals surface area contributed by atoms with Crippen LogP contribution in [0.25, 0.3) is 0 Å². The number of thioether (sulfide) groups is 1. The van der Waals surface area contributed by atoms with Crippen molar-refractivity contribution in [2.24, 2.45) is 0 Å². The van der Waals surface area contributed by atoms with Crippen LogP contribution in [-0.2, 0) is 12.2 Å². The molecule has 3 rings (SSSR count). The minimum absolute atomic E-state index is 0.608. The Morgan fingerprint density at radius 2 is 1.71 bits per heavy atom. The maximum absolute atomic E-state index is 5.67. The molecule has 5 heteroatoms. The average molecular weight is 361 g/mol. The molecular formula is C16H13BrN2OS. The second-order valence-electron chi connectivity index (χ2n) is 4.50. The molecule has 0 aliphatic rings. The van der Waals surface area contributed by atoms with E-state index in [4.69, 9.17) is 4.42 Å². The minimum Gasteiger partial charge on any atom is -0.416 e. The number of halogens is 1. The van der Waals surface area contributed by atoms with Gasteiger partial charge in [0.15, 0.2) is 0 Å². The highest BCUT2D eigenvalue weighted by molar-refractivity contribution is 9.10. The lowest BCUT2D eigenvalue weighted by molar-refractivity contribution is 0.420. The van der Waals surface area contributed by atoms with Gasteiger partial charge in [0.25, 0.3) is 5.22 Å². The van der Waals surface area contributed by atoms with Crippen LogP contribution in [0, 0.1) is 0 Å². The van der Waals surface area contributed by atoms with Crippen molar-refractivity contribution in [3.05, 3.63) is 76.1 Å². The highest BCUT2D eigenvalue weighted by Crippen LogP contribution is 2.26. The summed E-state index contributed by atoms with van der Waals surface area (Å²) in [6.45, 7) is 0. The lowest BCUT2D eigenvalue weighted by Crippen LogP contribution is -1.87. The van der Waals surface area contributed by atoms with Crippen LogP contribution in [0.3, 0.4) is 0 Å². The highest BCUT2D eigenvalue weighted by atomic mass is 79.9. The normalized spacial score (nSPS) is 10.7. The van der Waals surface area contributed by atoms with Gasteiger partial charge < -0.3 is 4.42 Å². The Balaban J connectivity index is 1.62. The molecule has 0 saturated heterocycles. The fourth-order valence-corrected chi connectivity index (χ4v) is 3.29. The van der Waals surface area contributed by atoms with Gasteiger partial charge in [-0.1, -0.05) is 76.2 Å². The molecule has 0 unspecified atom stereocenters. The first-order valence-corrected chi connectivity index (χ1v) is 8.31. The summed E-state index contributed by atoms with van der Waals surface area (Å²) in [4.78, 5) is 0. The Hall–Kier alpha value is -1.59. The second kappa shape index (κ2) is 6.91. The van der Waals surface area contributed by atoms with Gasteiger partial charge in [-0.15, -0.1) is 10.2 Å². The van der Waals surface area contributed by atoms with Gasteiger partial charge in [-0.05, 0) is 17.2 Å². The van der Waals surface area contributed by atoms with Crippen molar-refractivity contribution < 1.29 is 4.42 Å². The summed E-state index contributed by atoms with van der Waals surface area (Å²) in [6.07, 6.45) is 0.670. The second-order valence-corrected chi connectivity index (χ2v) is 6.29. The van der Waals surface area contributed by atoms with E-state index in [1.54, 1.807) is 11.8 Å². The largest absolute Gasteiger partial charge is 0.416 e. The Morgan fingerprint density at radius 1 is 0.952 bits per heavy atom. The maximum atomic E-state index is 5.67. The number of hydrogen-bond acceptors (Lipinski definition) is 4. The van der Waals surface area contributed by atoms with Crippen LogP contribution in [0.15, 0.2) is 68.7 Å². The van der Waals surface area contributed by atoms with Gasteiger partial charge in [-0.3, -0.25) is 0 Å². The molecule has 0 bridgehead atoms. The van der Waals surface area contributed by atoms with Gasteiger partial charge in [0, 0.05) is 10.2 Å². The summed E-state index contributed by atoms with van der Waals surface area (Å²) in [5, 5.41) is 8.79. The molecule has 1 aromatic heterocycles. The fraction of sp³-hybridized carbons (Fsp3) is 0.125. The van der Waals surface area contributed by atoms with Crippen molar-refractivity contribution in [1.82, 2.24) is 10.2 Å². The van der Waals surface area contributed by atoms with Gasteiger partial charge in [0.1, 0.15) is 0 Å². The Kier molecular flexibility index (Phi) is 4.72. The van der Waals surface area contributed by atoms with Gasteiger partial charge in [-0.25, -0.2) is 0 Å². The third kappa shape index (κ3) is 3.95. The van der Waals surface area contributed by atoms with Crippen molar-refractivity contribution in [1.29, 1.82) is 0 Å². The zero-order chi connectivity index (χ0) is 14.5. The lowest BCUT2D eigenvalue weighted by Gasteiger charge is -2.00. The molecule has 0 fully saturated rings. The molecule has 1 heterocycles. The van der Waals surface area contributed by atoms with E-state index in [9.17, 15) is 0 Å². The highest BCUT2D eigenvalue weighted by Gasteiger charge is 2.08. The molecule has 0 atom stereocenters. The molecule has 2 aromatic carbocycles. The topological polar surface area (TPSA) is 38.9 Å². The van der Waals surface area contributed by atoms with E-state index < -0.39 is 0 Å². The zero-order valence-corrected chi connectivity index (χ0v) is 13.6. The Labute approximate surface area is 135 Å². The minimum atomic E-state index is 0.608.